The zero-order valence-electron chi connectivity index (χ0n) is 11.1. The maximum Gasteiger partial charge on any atom is 0.191 e. The van der Waals surface area contributed by atoms with E-state index in [0.29, 0.717) is 0 Å². The average Bonchev–Trinajstić information content (AvgIpc) is 2.33. The Kier molecular flexibility index (Phi) is 13.6. The van der Waals surface area contributed by atoms with E-state index in [4.69, 9.17) is 0 Å². The van der Waals surface area contributed by atoms with Gasteiger partial charge >= 0.3 is 0 Å². The Morgan fingerprint density at radius 1 is 1.18 bits per heavy atom. The van der Waals surface area contributed by atoms with E-state index in [2.05, 4.69) is 9.47 Å². The standard InChI is InChI=1S/C9H9FO2.C2H6O.C2H6/c1-12-6-9(11)7-4-2-3-5-8(7)10;1-3-2;1-2/h2-5H,6H2,1H3;1-2H3;1-2H3. The number of ketones is 1. The van der Waals surface area contributed by atoms with Gasteiger partial charge in [0.05, 0.1) is 5.56 Å². The first kappa shape index (κ1) is 18.1. The predicted octanol–water partition coefficient (Wildman–Crippen LogP) is 2.94. The minimum absolute atomic E-state index is 0.0824. The molecule has 0 bridgehead atoms. The highest BCUT2D eigenvalue weighted by Crippen LogP contribution is 2.06. The van der Waals surface area contributed by atoms with Crippen molar-refractivity contribution in [2.45, 2.75) is 13.8 Å². The summed E-state index contributed by atoms with van der Waals surface area (Å²) in [5, 5.41) is 0. The van der Waals surface area contributed by atoms with Crippen molar-refractivity contribution in [3.05, 3.63) is 35.6 Å². The van der Waals surface area contributed by atoms with Crippen LogP contribution < -0.4 is 0 Å². The van der Waals surface area contributed by atoms with Gasteiger partial charge in [-0.2, -0.15) is 0 Å². The van der Waals surface area contributed by atoms with Crippen molar-refractivity contribution in [3.8, 4) is 0 Å². The summed E-state index contributed by atoms with van der Waals surface area (Å²) >= 11 is 0. The van der Waals surface area contributed by atoms with Gasteiger partial charge in [0.1, 0.15) is 12.4 Å². The van der Waals surface area contributed by atoms with Gasteiger partial charge in [0.15, 0.2) is 5.78 Å². The third-order valence-corrected chi connectivity index (χ3v) is 1.45. The maximum absolute atomic E-state index is 12.9. The normalized spacial score (nSPS) is 8.35. The zero-order valence-corrected chi connectivity index (χ0v) is 11.1. The molecule has 0 spiro atoms. The lowest BCUT2D eigenvalue weighted by Gasteiger charge is -1.99. The number of hydrogen-bond acceptors (Lipinski definition) is 3. The molecule has 0 heterocycles. The number of carbonyl (C=O) groups is 1. The maximum atomic E-state index is 12.9. The molecule has 0 saturated heterocycles. The van der Waals surface area contributed by atoms with Crippen molar-refractivity contribution in [2.75, 3.05) is 27.9 Å². The summed E-state index contributed by atoms with van der Waals surface area (Å²) in [6, 6.07) is 5.85. The lowest BCUT2D eigenvalue weighted by Crippen LogP contribution is -2.08. The molecule has 0 aromatic heterocycles. The van der Waals surface area contributed by atoms with Gasteiger partial charge in [-0.15, -0.1) is 0 Å². The van der Waals surface area contributed by atoms with E-state index in [-0.39, 0.29) is 18.0 Å². The molecule has 1 aromatic rings. The lowest BCUT2D eigenvalue weighted by atomic mass is 10.1. The molecule has 98 valence electrons. The topological polar surface area (TPSA) is 35.5 Å². The van der Waals surface area contributed by atoms with Crippen molar-refractivity contribution in [1.82, 2.24) is 0 Å². The number of ether oxygens (including phenoxy) is 2. The van der Waals surface area contributed by atoms with Crippen LogP contribution in [0.4, 0.5) is 4.39 Å². The van der Waals surface area contributed by atoms with Crippen molar-refractivity contribution >= 4 is 5.78 Å². The zero-order chi connectivity index (χ0) is 13.7. The number of benzene rings is 1. The van der Waals surface area contributed by atoms with Gasteiger partial charge in [0.2, 0.25) is 0 Å². The summed E-state index contributed by atoms with van der Waals surface area (Å²) in [7, 11) is 4.65. The van der Waals surface area contributed by atoms with Crippen LogP contribution in [-0.2, 0) is 9.47 Å². The molecule has 0 atom stereocenters. The molecule has 0 unspecified atom stereocenters. The lowest BCUT2D eigenvalue weighted by molar-refractivity contribution is 0.0844. The largest absolute Gasteiger partial charge is 0.388 e. The monoisotopic (exact) mass is 244 g/mol. The van der Waals surface area contributed by atoms with Crippen molar-refractivity contribution in [1.29, 1.82) is 0 Å². The summed E-state index contributed by atoms with van der Waals surface area (Å²) in [5.74, 6) is -0.838. The van der Waals surface area contributed by atoms with Crippen LogP contribution >= 0.6 is 0 Å². The number of halogens is 1. The molecule has 17 heavy (non-hydrogen) atoms. The fraction of sp³-hybridized carbons (Fsp3) is 0.462. The summed E-state index contributed by atoms with van der Waals surface area (Å²) in [5.41, 5.74) is 0.0827. The molecular formula is C13H21FO3. The van der Waals surface area contributed by atoms with Gasteiger partial charge in [-0.25, -0.2) is 4.39 Å². The van der Waals surface area contributed by atoms with Gasteiger partial charge < -0.3 is 9.47 Å². The smallest absolute Gasteiger partial charge is 0.191 e. The fourth-order valence-electron chi connectivity index (χ4n) is 0.896. The molecule has 0 saturated carbocycles. The fourth-order valence-corrected chi connectivity index (χ4v) is 0.896. The SMILES string of the molecule is CC.COC.COCC(=O)c1ccccc1F. The number of hydrogen-bond donors (Lipinski definition) is 0. The molecule has 0 aliphatic heterocycles. The molecule has 1 aromatic carbocycles. The number of carbonyl (C=O) groups excluding carboxylic acids is 1. The minimum Gasteiger partial charge on any atom is -0.388 e. The van der Waals surface area contributed by atoms with E-state index in [1.165, 1.54) is 19.2 Å². The highest BCUT2D eigenvalue weighted by atomic mass is 19.1. The van der Waals surface area contributed by atoms with E-state index < -0.39 is 5.82 Å². The highest BCUT2D eigenvalue weighted by molar-refractivity contribution is 5.97. The minimum atomic E-state index is -0.500. The van der Waals surface area contributed by atoms with E-state index in [0.717, 1.165) is 0 Å². The Balaban J connectivity index is 0. The molecule has 0 fully saturated rings. The Hall–Kier alpha value is -1.26. The van der Waals surface area contributed by atoms with Crippen molar-refractivity contribution in [2.24, 2.45) is 0 Å². The molecule has 0 aliphatic carbocycles. The van der Waals surface area contributed by atoms with Crippen LogP contribution in [0.3, 0.4) is 0 Å². The van der Waals surface area contributed by atoms with E-state index >= 15 is 0 Å². The van der Waals surface area contributed by atoms with E-state index in [9.17, 15) is 9.18 Å². The summed E-state index contributed by atoms with van der Waals surface area (Å²) in [6.45, 7) is 3.92. The molecular weight excluding hydrogens is 223 g/mol. The highest BCUT2D eigenvalue weighted by Gasteiger charge is 2.09. The van der Waals surface area contributed by atoms with E-state index in [1.54, 1.807) is 26.4 Å². The second-order valence-corrected chi connectivity index (χ2v) is 2.74. The average molecular weight is 244 g/mol. The number of rotatable bonds is 3. The predicted molar refractivity (Wildman–Crippen MR) is 66.9 cm³/mol. The van der Waals surface area contributed by atoms with Crippen molar-refractivity contribution in [3.63, 3.8) is 0 Å². The molecule has 3 nitrogen and oxygen atoms in total. The van der Waals surface area contributed by atoms with E-state index in [1.807, 2.05) is 13.8 Å². The van der Waals surface area contributed by atoms with Crippen LogP contribution in [-0.4, -0.2) is 33.7 Å². The quantitative estimate of drug-likeness (QED) is 0.767. The first-order valence-electron chi connectivity index (χ1n) is 5.34. The van der Waals surface area contributed by atoms with Crippen LogP contribution in [0.1, 0.15) is 24.2 Å². The first-order chi connectivity index (χ1) is 8.17. The summed E-state index contributed by atoms with van der Waals surface area (Å²) in [4.78, 5) is 11.1. The Morgan fingerprint density at radius 3 is 2.06 bits per heavy atom. The Bertz CT molecular complexity index is 300. The molecule has 0 amide bonds. The number of Topliss-reactive ketones (excluding diaryl/α,β-unsaturated/α-hetero) is 1. The molecule has 0 aliphatic rings. The van der Waals surface area contributed by atoms with Gasteiger partial charge in [0, 0.05) is 21.3 Å². The second kappa shape index (κ2) is 12.8. The third-order valence-electron chi connectivity index (χ3n) is 1.45. The van der Waals surface area contributed by atoms with Crippen LogP contribution in [0.15, 0.2) is 24.3 Å². The third kappa shape index (κ3) is 8.54. The van der Waals surface area contributed by atoms with Crippen LogP contribution in [0.2, 0.25) is 0 Å². The Labute approximate surface area is 103 Å². The molecule has 0 N–H and O–H groups in total. The van der Waals surface area contributed by atoms with Crippen LogP contribution in [0.25, 0.3) is 0 Å². The molecule has 1 rings (SSSR count). The molecule has 4 heteroatoms. The number of methoxy groups -OCH3 is 2. The van der Waals surface area contributed by atoms with Gasteiger partial charge in [0.25, 0.3) is 0 Å². The van der Waals surface area contributed by atoms with Gasteiger partial charge in [-0.05, 0) is 12.1 Å². The second-order valence-electron chi connectivity index (χ2n) is 2.74. The summed E-state index contributed by atoms with van der Waals surface area (Å²) < 4.78 is 21.7. The molecule has 0 radical (unpaired) electrons. The summed E-state index contributed by atoms with van der Waals surface area (Å²) in [6.07, 6.45) is 0. The van der Waals surface area contributed by atoms with Crippen molar-refractivity contribution < 1.29 is 18.7 Å². The first-order valence-corrected chi connectivity index (χ1v) is 5.34. The van der Waals surface area contributed by atoms with Crippen LogP contribution in [0.5, 0.6) is 0 Å². The Morgan fingerprint density at radius 2 is 1.65 bits per heavy atom. The van der Waals surface area contributed by atoms with Crippen LogP contribution in [0, 0.1) is 5.82 Å². The van der Waals surface area contributed by atoms with Gasteiger partial charge in [-0.3, -0.25) is 4.79 Å². The van der Waals surface area contributed by atoms with Gasteiger partial charge in [-0.1, -0.05) is 26.0 Å².